The van der Waals surface area contributed by atoms with Crippen molar-refractivity contribution in [2.45, 2.75) is 37.2 Å². The number of halogens is 4. The Morgan fingerprint density at radius 2 is 1.72 bits per heavy atom. The van der Waals surface area contributed by atoms with Gasteiger partial charge in [-0.05, 0) is 43.2 Å². The molecule has 1 aromatic carbocycles. The summed E-state index contributed by atoms with van der Waals surface area (Å²) in [5.41, 5.74) is 0.485. The van der Waals surface area contributed by atoms with E-state index in [1.165, 1.54) is 28.8 Å². The third kappa shape index (κ3) is 6.54. The van der Waals surface area contributed by atoms with Crippen molar-refractivity contribution < 1.29 is 37.8 Å². The second-order valence-electron chi connectivity index (χ2n) is 8.35. The summed E-state index contributed by atoms with van der Waals surface area (Å²) in [7, 11) is 0. The minimum atomic E-state index is -4.46. The number of aromatic nitrogens is 2. The van der Waals surface area contributed by atoms with Gasteiger partial charge in [-0.25, -0.2) is 4.98 Å². The van der Waals surface area contributed by atoms with Gasteiger partial charge < -0.3 is 15.5 Å². The number of imidazole rings is 1. The number of benzene rings is 1. The van der Waals surface area contributed by atoms with Crippen molar-refractivity contribution in [2.75, 3.05) is 6.54 Å². The number of carbonyl (C=O) groups excluding carboxylic acids is 1. The summed E-state index contributed by atoms with van der Waals surface area (Å²) in [6.07, 6.45) is -3.02. The number of aliphatic carboxylic acids is 2. The minimum Gasteiger partial charge on any atom is -0.481 e. The number of hydrogen-bond acceptors (Lipinski definition) is 4. The lowest BCUT2D eigenvalue weighted by molar-refractivity contribution is -0.154. The highest BCUT2D eigenvalue weighted by Crippen LogP contribution is 2.31. The van der Waals surface area contributed by atoms with Crippen molar-refractivity contribution in [3.05, 3.63) is 71.2 Å². The van der Waals surface area contributed by atoms with Crippen LogP contribution >= 0.6 is 11.6 Å². The molecule has 0 aliphatic heterocycles. The second kappa shape index (κ2) is 11.0. The van der Waals surface area contributed by atoms with Gasteiger partial charge >= 0.3 is 18.1 Å². The summed E-state index contributed by atoms with van der Waals surface area (Å²) in [6.45, 7) is 1.84. The number of amides is 1. The van der Waals surface area contributed by atoms with Crippen molar-refractivity contribution in [1.82, 2.24) is 14.7 Å². The van der Waals surface area contributed by atoms with E-state index in [-0.39, 0.29) is 35.6 Å². The molecule has 2 unspecified atom stereocenters. The highest BCUT2D eigenvalue weighted by molar-refractivity contribution is 6.20. The van der Waals surface area contributed by atoms with E-state index in [0.717, 1.165) is 12.1 Å². The SMILES string of the molecule is CC(Cl)CC(CNC(=O)c1cccc2nc(CC(C(=O)O)C(=O)O)cn12)c1ccc(C(F)(F)F)cc1. The fourth-order valence-corrected chi connectivity index (χ4v) is 4.03. The smallest absolute Gasteiger partial charge is 0.416 e. The molecular formula is C24H23ClF3N3O5. The van der Waals surface area contributed by atoms with E-state index in [9.17, 15) is 27.6 Å². The molecule has 3 rings (SSSR count). The van der Waals surface area contributed by atoms with Crippen LogP contribution in [0.4, 0.5) is 13.2 Å². The first-order chi connectivity index (χ1) is 16.9. The molecule has 0 fully saturated rings. The highest BCUT2D eigenvalue weighted by atomic mass is 35.5. The summed E-state index contributed by atoms with van der Waals surface area (Å²) >= 11 is 6.14. The normalized spacial score (nSPS) is 13.5. The van der Waals surface area contributed by atoms with Crippen molar-refractivity contribution in [2.24, 2.45) is 5.92 Å². The maximum Gasteiger partial charge on any atom is 0.416 e. The van der Waals surface area contributed by atoms with E-state index < -0.39 is 35.5 Å². The first kappa shape index (κ1) is 27.0. The molecule has 0 bridgehead atoms. The van der Waals surface area contributed by atoms with E-state index >= 15 is 0 Å². The van der Waals surface area contributed by atoms with Gasteiger partial charge in [0, 0.05) is 30.5 Å². The van der Waals surface area contributed by atoms with Crippen molar-refractivity contribution in [1.29, 1.82) is 0 Å². The predicted molar refractivity (Wildman–Crippen MR) is 124 cm³/mol. The van der Waals surface area contributed by atoms with Gasteiger partial charge in [0.05, 0.1) is 11.3 Å². The first-order valence-electron chi connectivity index (χ1n) is 10.9. The van der Waals surface area contributed by atoms with Crippen LogP contribution in [0.1, 0.15) is 46.6 Å². The van der Waals surface area contributed by atoms with Crippen LogP contribution in [0.25, 0.3) is 5.65 Å². The van der Waals surface area contributed by atoms with Crippen LogP contribution in [0.2, 0.25) is 0 Å². The lowest BCUT2D eigenvalue weighted by atomic mass is 9.93. The third-order valence-corrected chi connectivity index (χ3v) is 5.79. The molecule has 0 saturated carbocycles. The van der Waals surface area contributed by atoms with Crippen LogP contribution in [0, 0.1) is 5.92 Å². The molecule has 0 aliphatic carbocycles. The van der Waals surface area contributed by atoms with Gasteiger partial charge in [0.2, 0.25) is 0 Å². The minimum absolute atomic E-state index is 0.0965. The van der Waals surface area contributed by atoms with Gasteiger partial charge in [-0.1, -0.05) is 18.2 Å². The molecular weight excluding hydrogens is 503 g/mol. The van der Waals surface area contributed by atoms with Crippen molar-refractivity contribution >= 4 is 35.1 Å². The van der Waals surface area contributed by atoms with Crippen LogP contribution in [-0.2, 0) is 22.2 Å². The Hall–Kier alpha value is -3.60. The molecule has 3 N–H and O–H groups in total. The lowest BCUT2D eigenvalue weighted by Crippen LogP contribution is -2.30. The molecule has 12 heteroatoms. The van der Waals surface area contributed by atoms with E-state index in [2.05, 4.69) is 10.3 Å². The number of alkyl halides is 4. The van der Waals surface area contributed by atoms with Gasteiger partial charge in [-0.3, -0.25) is 18.8 Å². The Morgan fingerprint density at radius 3 is 2.28 bits per heavy atom. The molecule has 36 heavy (non-hydrogen) atoms. The molecule has 192 valence electrons. The number of pyridine rings is 1. The fraction of sp³-hybridized carbons (Fsp3) is 0.333. The molecule has 3 aromatic rings. The number of nitrogens with one attached hydrogen (secondary N) is 1. The number of carboxylic acids is 2. The largest absolute Gasteiger partial charge is 0.481 e. The monoisotopic (exact) mass is 525 g/mol. The summed E-state index contributed by atoms with van der Waals surface area (Å²) in [5, 5.41) is 20.7. The Kier molecular flexibility index (Phi) is 8.24. The molecule has 0 radical (unpaired) electrons. The quantitative estimate of drug-likeness (QED) is 0.269. The first-order valence-corrected chi connectivity index (χ1v) is 11.3. The Morgan fingerprint density at radius 1 is 1.08 bits per heavy atom. The van der Waals surface area contributed by atoms with Crippen LogP contribution in [-0.4, -0.2) is 49.4 Å². The number of carboxylic acid groups (broad SMARTS) is 2. The van der Waals surface area contributed by atoms with Crippen molar-refractivity contribution in [3.63, 3.8) is 0 Å². The average molecular weight is 526 g/mol. The van der Waals surface area contributed by atoms with Gasteiger partial charge in [0.15, 0.2) is 5.92 Å². The van der Waals surface area contributed by atoms with Gasteiger partial charge in [-0.15, -0.1) is 11.6 Å². The number of fused-ring (bicyclic) bond motifs is 1. The standard InChI is InChI=1S/C24H23ClF3N3O5/c1-13(25)9-15(14-5-7-16(8-6-14)24(26,27)28)11-29-21(32)19-3-2-4-20-30-17(12-31(19)20)10-18(22(33)34)23(35)36/h2-8,12-13,15,18H,9-11H2,1H3,(H,29,32)(H,33,34)(H,35,36). The van der Waals surface area contributed by atoms with Gasteiger partial charge in [0.1, 0.15) is 11.3 Å². The van der Waals surface area contributed by atoms with E-state index in [0.29, 0.717) is 17.6 Å². The maximum atomic E-state index is 13.0. The predicted octanol–water partition coefficient (Wildman–Crippen LogP) is 4.21. The Balaban J connectivity index is 1.79. The number of hydrogen-bond donors (Lipinski definition) is 3. The van der Waals surface area contributed by atoms with E-state index in [1.54, 1.807) is 19.1 Å². The summed E-state index contributed by atoms with van der Waals surface area (Å²) in [4.78, 5) is 39.6. The molecule has 0 saturated heterocycles. The second-order valence-corrected chi connectivity index (χ2v) is 9.09. The fourth-order valence-electron chi connectivity index (χ4n) is 3.81. The maximum absolute atomic E-state index is 13.0. The molecule has 1 amide bonds. The zero-order chi connectivity index (χ0) is 26.6. The molecule has 0 aliphatic rings. The molecule has 0 spiro atoms. The van der Waals surface area contributed by atoms with Gasteiger partial charge in [-0.2, -0.15) is 13.2 Å². The number of rotatable bonds is 10. The number of nitrogens with zero attached hydrogens (tertiary/aromatic N) is 2. The van der Waals surface area contributed by atoms with Crippen LogP contribution in [0.15, 0.2) is 48.7 Å². The topological polar surface area (TPSA) is 121 Å². The molecule has 2 heterocycles. The molecule has 2 aromatic heterocycles. The van der Waals surface area contributed by atoms with E-state index in [4.69, 9.17) is 21.8 Å². The third-order valence-electron chi connectivity index (χ3n) is 5.61. The van der Waals surface area contributed by atoms with Crippen LogP contribution in [0.5, 0.6) is 0 Å². The average Bonchev–Trinajstić information content (AvgIpc) is 3.21. The highest BCUT2D eigenvalue weighted by Gasteiger charge is 2.30. The van der Waals surface area contributed by atoms with Gasteiger partial charge in [0.25, 0.3) is 5.91 Å². The van der Waals surface area contributed by atoms with Crippen molar-refractivity contribution in [3.8, 4) is 0 Å². The summed E-state index contributed by atoms with van der Waals surface area (Å²) in [5.74, 6) is -5.54. The van der Waals surface area contributed by atoms with Crippen LogP contribution < -0.4 is 5.32 Å². The van der Waals surface area contributed by atoms with E-state index in [1.807, 2.05) is 0 Å². The number of carbonyl (C=O) groups is 3. The Labute approximate surface area is 208 Å². The summed E-state index contributed by atoms with van der Waals surface area (Å²) in [6, 6.07) is 9.36. The molecule has 2 atom stereocenters. The summed E-state index contributed by atoms with van der Waals surface area (Å²) < 4.78 is 40.1. The molecule has 8 nitrogen and oxygen atoms in total. The van der Waals surface area contributed by atoms with Crippen LogP contribution in [0.3, 0.4) is 0 Å². The lowest BCUT2D eigenvalue weighted by Gasteiger charge is -2.20. The zero-order valence-electron chi connectivity index (χ0n) is 19.0. The Bertz CT molecular complexity index is 1240. The zero-order valence-corrected chi connectivity index (χ0v) is 19.8.